The van der Waals surface area contributed by atoms with Crippen LogP contribution in [0.15, 0.2) is 46.9 Å². The smallest absolute Gasteiger partial charge is 0.373 e. The highest BCUT2D eigenvalue weighted by molar-refractivity contribution is 9.12. The summed E-state index contributed by atoms with van der Waals surface area (Å²) in [5.41, 5.74) is 7.11. The Bertz CT molecular complexity index is 1030. The van der Waals surface area contributed by atoms with Gasteiger partial charge in [0.05, 0.1) is 18.2 Å². The van der Waals surface area contributed by atoms with Crippen molar-refractivity contribution in [2.75, 3.05) is 19.7 Å². The van der Waals surface area contributed by atoms with Gasteiger partial charge in [-0.2, -0.15) is 8.78 Å². The zero-order chi connectivity index (χ0) is 23.6. The van der Waals surface area contributed by atoms with Gasteiger partial charge in [-0.1, -0.05) is 12.1 Å². The lowest BCUT2D eigenvalue weighted by molar-refractivity contribution is -0.263. The number of rotatable bonds is 4. The number of nitrogens with two attached hydrogens (primary N) is 1. The van der Waals surface area contributed by atoms with E-state index in [9.17, 15) is 27.2 Å². The Kier molecular flexibility index (Phi) is 6.94. The van der Waals surface area contributed by atoms with Crippen molar-refractivity contribution < 1.29 is 32.0 Å². The number of nitrogens with one attached hydrogen (secondary N) is 1. The van der Waals surface area contributed by atoms with E-state index in [0.717, 1.165) is 11.0 Å². The molecular formula is C20H19BrF4N4O3. The number of amides is 2. The van der Waals surface area contributed by atoms with Crippen LogP contribution in [0.5, 0.6) is 0 Å². The molecule has 12 heteroatoms. The summed E-state index contributed by atoms with van der Waals surface area (Å²) in [6, 6.07) is 3.17. The van der Waals surface area contributed by atoms with Gasteiger partial charge in [0.25, 0.3) is 11.8 Å². The highest BCUT2D eigenvalue weighted by Crippen LogP contribution is 2.30. The summed E-state index contributed by atoms with van der Waals surface area (Å²) in [5, 5.41) is 0. The number of carbonyl (C=O) groups excluding carboxylic acids is 2. The predicted molar refractivity (Wildman–Crippen MR) is 111 cm³/mol. The maximum absolute atomic E-state index is 14.8. The summed E-state index contributed by atoms with van der Waals surface area (Å²) in [5.74, 6) is -2.91. The number of halogens is 5. The Balaban J connectivity index is 1.83. The van der Waals surface area contributed by atoms with E-state index in [1.807, 2.05) is 0 Å². The van der Waals surface area contributed by atoms with Crippen molar-refractivity contribution in [2.45, 2.75) is 19.1 Å². The maximum atomic E-state index is 14.8. The SMILES string of the molecule is CC1C(c2ccc(C(=O)N3CCOC(F)(F)C3)c(F)c2)=CC=CN1C(=O)/C(Br)=C(\N)NF. The molecule has 0 bridgehead atoms. The van der Waals surface area contributed by atoms with Gasteiger partial charge in [-0.05, 0) is 52.2 Å². The molecule has 1 fully saturated rings. The van der Waals surface area contributed by atoms with Crippen molar-refractivity contribution >= 4 is 33.3 Å². The monoisotopic (exact) mass is 518 g/mol. The Labute approximate surface area is 189 Å². The highest BCUT2D eigenvalue weighted by atomic mass is 79.9. The van der Waals surface area contributed by atoms with E-state index in [4.69, 9.17) is 5.73 Å². The van der Waals surface area contributed by atoms with E-state index in [0.29, 0.717) is 11.1 Å². The zero-order valence-corrected chi connectivity index (χ0v) is 18.3. The maximum Gasteiger partial charge on any atom is 0.373 e. The summed E-state index contributed by atoms with van der Waals surface area (Å²) >= 11 is 2.93. The van der Waals surface area contributed by atoms with Gasteiger partial charge in [-0.15, -0.1) is 4.48 Å². The molecule has 32 heavy (non-hydrogen) atoms. The number of nitrogens with zero attached hydrogens (tertiary/aromatic N) is 2. The topological polar surface area (TPSA) is 87.9 Å². The molecule has 1 atom stereocenters. The molecule has 2 aliphatic rings. The van der Waals surface area contributed by atoms with Gasteiger partial charge in [0.1, 0.15) is 22.7 Å². The zero-order valence-electron chi connectivity index (χ0n) is 16.7. The first kappa shape index (κ1) is 23.8. The van der Waals surface area contributed by atoms with Gasteiger partial charge < -0.3 is 20.3 Å². The van der Waals surface area contributed by atoms with Crippen molar-refractivity contribution in [1.29, 1.82) is 0 Å². The van der Waals surface area contributed by atoms with Gasteiger partial charge in [-0.25, -0.2) is 9.93 Å². The van der Waals surface area contributed by atoms with Crippen molar-refractivity contribution in [3.8, 4) is 0 Å². The van der Waals surface area contributed by atoms with Crippen LogP contribution < -0.4 is 11.3 Å². The van der Waals surface area contributed by atoms with Crippen LogP contribution in [0.1, 0.15) is 22.8 Å². The molecule has 1 aromatic rings. The van der Waals surface area contributed by atoms with Gasteiger partial charge in [0.15, 0.2) is 0 Å². The summed E-state index contributed by atoms with van der Waals surface area (Å²) < 4.78 is 58.2. The molecule has 2 heterocycles. The Hall–Kier alpha value is -2.86. The van der Waals surface area contributed by atoms with E-state index >= 15 is 0 Å². The van der Waals surface area contributed by atoms with Crippen LogP contribution >= 0.6 is 15.9 Å². The van der Waals surface area contributed by atoms with Crippen LogP contribution in [0.3, 0.4) is 0 Å². The fraction of sp³-hybridized carbons (Fsp3) is 0.300. The first-order chi connectivity index (χ1) is 15.1. The second kappa shape index (κ2) is 9.33. The van der Waals surface area contributed by atoms with E-state index < -0.39 is 42.1 Å². The molecule has 0 aromatic heterocycles. The first-order valence-electron chi connectivity index (χ1n) is 9.39. The lowest BCUT2D eigenvalue weighted by Crippen LogP contribution is -2.49. The fourth-order valence-electron chi connectivity index (χ4n) is 3.37. The van der Waals surface area contributed by atoms with Crippen molar-refractivity contribution in [3.63, 3.8) is 0 Å². The van der Waals surface area contributed by atoms with Crippen molar-refractivity contribution in [2.24, 2.45) is 5.73 Å². The van der Waals surface area contributed by atoms with Gasteiger partial charge in [-0.3, -0.25) is 9.59 Å². The number of alkyl halides is 2. The van der Waals surface area contributed by atoms with E-state index in [-0.39, 0.29) is 23.2 Å². The molecule has 0 spiro atoms. The van der Waals surface area contributed by atoms with Crippen LogP contribution in [0, 0.1) is 5.82 Å². The minimum absolute atomic E-state index is 0.0844. The standard InChI is InChI=1S/C20H19BrF4N4O3/c1-11-13(3-2-6-29(11)19(31)16(21)17(26)27-25)12-4-5-14(15(22)9-12)18(30)28-7-8-32-20(23,24)10-28/h2-6,9,11,27H,7-8,10,26H2,1H3/b17-16-. The van der Waals surface area contributed by atoms with Crippen LogP contribution in [-0.2, 0) is 9.53 Å². The number of allylic oxidation sites excluding steroid dienone is 2. The summed E-state index contributed by atoms with van der Waals surface area (Å²) in [6.07, 6.45) is 1.16. The Morgan fingerprint density at radius 1 is 1.34 bits per heavy atom. The molecule has 1 aromatic carbocycles. The van der Waals surface area contributed by atoms with Crippen LogP contribution in [0.2, 0.25) is 0 Å². The number of morpholine rings is 1. The molecule has 0 aliphatic carbocycles. The van der Waals surface area contributed by atoms with Crippen LogP contribution in [0.4, 0.5) is 17.7 Å². The lowest BCUT2D eigenvalue weighted by Gasteiger charge is -2.32. The second-order valence-corrected chi connectivity index (χ2v) is 7.87. The van der Waals surface area contributed by atoms with Crippen LogP contribution in [0.25, 0.3) is 5.57 Å². The minimum atomic E-state index is -3.49. The van der Waals surface area contributed by atoms with Gasteiger partial charge in [0.2, 0.25) is 0 Å². The second-order valence-electron chi connectivity index (χ2n) is 7.08. The predicted octanol–water partition coefficient (Wildman–Crippen LogP) is 3.02. The number of hydrogen-bond acceptors (Lipinski definition) is 5. The molecule has 172 valence electrons. The minimum Gasteiger partial charge on any atom is -0.383 e. The normalized spacial score (nSPS) is 21.1. The molecule has 1 unspecified atom stereocenters. The summed E-state index contributed by atoms with van der Waals surface area (Å²) in [7, 11) is 0. The molecule has 7 nitrogen and oxygen atoms in total. The molecule has 0 radical (unpaired) electrons. The largest absolute Gasteiger partial charge is 0.383 e. The fourth-order valence-corrected chi connectivity index (χ4v) is 3.65. The third-order valence-corrected chi connectivity index (χ3v) is 5.79. The van der Waals surface area contributed by atoms with Crippen LogP contribution in [-0.4, -0.2) is 53.5 Å². The first-order valence-corrected chi connectivity index (χ1v) is 10.2. The van der Waals surface area contributed by atoms with E-state index in [1.54, 1.807) is 19.1 Å². The molecule has 1 saturated heterocycles. The van der Waals surface area contributed by atoms with Crippen molar-refractivity contribution in [3.05, 3.63) is 63.8 Å². The Morgan fingerprint density at radius 2 is 2.06 bits per heavy atom. The third-order valence-electron chi connectivity index (χ3n) is 5.02. The van der Waals surface area contributed by atoms with E-state index in [2.05, 4.69) is 20.7 Å². The molecule has 2 aliphatic heterocycles. The summed E-state index contributed by atoms with van der Waals surface area (Å²) in [4.78, 5) is 27.2. The number of benzene rings is 1. The molecule has 0 saturated carbocycles. The quantitative estimate of drug-likeness (QED) is 0.363. The number of hydrogen-bond donors (Lipinski definition) is 2. The lowest BCUT2D eigenvalue weighted by atomic mass is 9.94. The molecule has 3 N–H and O–H groups in total. The van der Waals surface area contributed by atoms with Gasteiger partial charge in [0, 0.05) is 12.7 Å². The van der Waals surface area contributed by atoms with E-state index in [1.165, 1.54) is 28.8 Å². The molecule has 2 amide bonds. The number of carbonyl (C=O) groups is 2. The molecular weight excluding hydrogens is 500 g/mol. The van der Waals surface area contributed by atoms with Crippen molar-refractivity contribution in [1.82, 2.24) is 15.3 Å². The van der Waals surface area contributed by atoms with Gasteiger partial charge >= 0.3 is 6.11 Å². The average molecular weight is 519 g/mol. The average Bonchev–Trinajstić information content (AvgIpc) is 2.76. The highest BCUT2D eigenvalue weighted by Gasteiger charge is 2.39. The molecule has 3 rings (SSSR count). The third kappa shape index (κ3) is 4.80. The number of ether oxygens (including phenoxy) is 1. The summed E-state index contributed by atoms with van der Waals surface area (Å²) in [6.45, 7) is 0.264. The Morgan fingerprint density at radius 3 is 2.69 bits per heavy atom.